The number of hydrogen-bond donors (Lipinski definition) is 2. The molecule has 2 rings (SSSR count). The molecule has 0 aliphatic heterocycles. The van der Waals surface area contributed by atoms with Gasteiger partial charge >= 0.3 is 5.97 Å². The van der Waals surface area contributed by atoms with Gasteiger partial charge in [0.05, 0.1) is 10.7 Å². The fourth-order valence-corrected chi connectivity index (χ4v) is 1.96. The lowest BCUT2D eigenvalue weighted by Gasteiger charge is -2.09. The van der Waals surface area contributed by atoms with E-state index in [-0.39, 0.29) is 22.0 Å². The lowest BCUT2D eigenvalue weighted by molar-refractivity contribution is 0.0690. The lowest BCUT2D eigenvalue weighted by Crippen LogP contribution is -1.95. The van der Waals surface area contributed by atoms with Crippen LogP contribution in [-0.4, -0.2) is 21.3 Å². The van der Waals surface area contributed by atoms with E-state index in [1.807, 2.05) is 0 Å². The van der Waals surface area contributed by atoms with Crippen LogP contribution in [0.3, 0.4) is 0 Å². The van der Waals surface area contributed by atoms with Gasteiger partial charge in [-0.05, 0) is 37.1 Å². The molecule has 6 heteroatoms. The smallest absolute Gasteiger partial charge is 0.353 e. The van der Waals surface area contributed by atoms with Gasteiger partial charge in [0.1, 0.15) is 5.69 Å². The molecule has 0 unspecified atom stereocenters. The Kier molecular flexibility index (Phi) is 3.09. The molecule has 2 aromatic rings. The zero-order valence-corrected chi connectivity index (χ0v) is 10.5. The van der Waals surface area contributed by atoms with Crippen molar-refractivity contribution in [2.45, 2.75) is 13.8 Å². The van der Waals surface area contributed by atoms with Crippen molar-refractivity contribution in [1.29, 1.82) is 0 Å². The molecule has 1 aromatic carbocycles. The average molecular weight is 269 g/mol. The Bertz CT molecular complexity index is 611. The maximum absolute atomic E-state index is 14.0. The van der Waals surface area contributed by atoms with Crippen molar-refractivity contribution in [2.75, 3.05) is 0 Å². The van der Waals surface area contributed by atoms with E-state index in [1.165, 1.54) is 12.1 Å². The lowest BCUT2D eigenvalue weighted by atomic mass is 10.00. The first-order chi connectivity index (χ1) is 8.41. The van der Waals surface area contributed by atoms with Gasteiger partial charge < -0.3 is 5.11 Å². The van der Waals surface area contributed by atoms with Crippen LogP contribution in [0.2, 0.25) is 5.02 Å². The van der Waals surface area contributed by atoms with Crippen molar-refractivity contribution in [1.82, 2.24) is 10.2 Å². The number of carboxylic acid groups (broad SMARTS) is 1. The Morgan fingerprint density at radius 3 is 2.67 bits per heavy atom. The van der Waals surface area contributed by atoms with Crippen molar-refractivity contribution in [3.63, 3.8) is 0 Å². The van der Waals surface area contributed by atoms with E-state index in [0.29, 0.717) is 5.56 Å². The minimum atomic E-state index is -1.15. The standard InChI is InChI=1S/C12H10ClFN2O2/c1-5-3-7(13)11(14)10(6(5)2)8-4-9(12(17)18)16-15-8/h3-4H,1-2H3,(H,15,16)(H,17,18). The topological polar surface area (TPSA) is 66.0 Å². The molecule has 0 radical (unpaired) electrons. The van der Waals surface area contributed by atoms with Gasteiger partial charge in [0, 0.05) is 5.56 Å². The zero-order valence-electron chi connectivity index (χ0n) is 9.71. The molecule has 1 heterocycles. The van der Waals surface area contributed by atoms with Crippen LogP contribution in [0.15, 0.2) is 12.1 Å². The van der Waals surface area contributed by atoms with Gasteiger partial charge in [-0.25, -0.2) is 9.18 Å². The summed E-state index contributed by atoms with van der Waals surface area (Å²) < 4.78 is 14.0. The number of halogens is 2. The minimum Gasteiger partial charge on any atom is -0.477 e. The molecule has 0 saturated carbocycles. The molecular weight excluding hydrogens is 259 g/mol. The van der Waals surface area contributed by atoms with E-state index in [2.05, 4.69) is 10.2 Å². The number of H-pyrrole nitrogens is 1. The SMILES string of the molecule is Cc1cc(Cl)c(F)c(-c2cc(C(=O)O)[nH]n2)c1C. The number of aryl methyl sites for hydroxylation is 1. The van der Waals surface area contributed by atoms with Crippen LogP contribution in [0.4, 0.5) is 4.39 Å². The van der Waals surface area contributed by atoms with Crippen molar-refractivity contribution < 1.29 is 14.3 Å². The van der Waals surface area contributed by atoms with E-state index in [1.54, 1.807) is 13.8 Å². The van der Waals surface area contributed by atoms with Gasteiger partial charge in [-0.15, -0.1) is 0 Å². The number of rotatable bonds is 2. The molecule has 1 aromatic heterocycles. The predicted octanol–water partition coefficient (Wildman–Crippen LogP) is 3.18. The molecule has 4 nitrogen and oxygen atoms in total. The summed E-state index contributed by atoms with van der Waals surface area (Å²) in [5.41, 5.74) is 1.86. The Balaban J connectivity index is 2.66. The van der Waals surface area contributed by atoms with Crippen LogP contribution >= 0.6 is 11.6 Å². The Morgan fingerprint density at radius 1 is 1.44 bits per heavy atom. The van der Waals surface area contributed by atoms with Crippen LogP contribution in [0.1, 0.15) is 21.6 Å². The molecule has 0 amide bonds. The summed E-state index contributed by atoms with van der Waals surface area (Å²) in [6.45, 7) is 3.54. The quantitative estimate of drug-likeness (QED) is 0.879. The highest BCUT2D eigenvalue weighted by Gasteiger charge is 2.18. The predicted molar refractivity (Wildman–Crippen MR) is 65.4 cm³/mol. The number of benzene rings is 1. The summed E-state index contributed by atoms with van der Waals surface area (Å²) in [7, 11) is 0. The largest absolute Gasteiger partial charge is 0.477 e. The summed E-state index contributed by atoms with van der Waals surface area (Å²) in [5.74, 6) is -1.74. The molecule has 0 aliphatic carbocycles. The van der Waals surface area contributed by atoms with Crippen LogP contribution in [-0.2, 0) is 0 Å². The first kappa shape index (κ1) is 12.6. The monoisotopic (exact) mass is 268 g/mol. The Hall–Kier alpha value is -1.88. The molecule has 0 saturated heterocycles. The second kappa shape index (κ2) is 4.42. The normalized spacial score (nSPS) is 10.7. The molecule has 0 atom stereocenters. The molecule has 18 heavy (non-hydrogen) atoms. The highest BCUT2D eigenvalue weighted by atomic mass is 35.5. The first-order valence-electron chi connectivity index (χ1n) is 5.16. The van der Waals surface area contributed by atoms with Crippen LogP contribution in [0.25, 0.3) is 11.3 Å². The molecule has 0 spiro atoms. The van der Waals surface area contributed by atoms with Gasteiger partial charge in [0.2, 0.25) is 0 Å². The summed E-state index contributed by atoms with van der Waals surface area (Å²) in [5, 5.41) is 14.9. The Morgan fingerprint density at radius 2 is 2.11 bits per heavy atom. The third-order valence-corrected chi connectivity index (χ3v) is 3.08. The van der Waals surface area contributed by atoms with Gasteiger partial charge in [-0.1, -0.05) is 11.6 Å². The van der Waals surface area contributed by atoms with Gasteiger partial charge in [-0.2, -0.15) is 5.10 Å². The zero-order chi connectivity index (χ0) is 13.4. The minimum absolute atomic E-state index is 0.00650. The van der Waals surface area contributed by atoms with E-state index in [4.69, 9.17) is 16.7 Å². The summed E-state index contributed by atoms with van der Waals surface area (Å²) in [6, 6.07) is 2.81. The highest BCUT2D eigenvalue weighted by molar-refractivity contribution is 6.31. The summed E-state index contributed by atoms with van der Waals surface area (Å²) >= 11 is 5.78. The van der Waals surface area contributed by atoms with E-state index < -0.39 is 11.8 Å². The van der Waals surface area contributed by atoms with Gasteiger partial charge in [0.15, 0.2) is 5.82 Å². The number of nitrogens with one attached hydrogen (secondary N) is 1. The maximum atomic E-state index is 14.0. The third-order valence-electron chi connectivity index (χ3n) is 2.80. The summed E-state index contributed by atoms with van der Waals surface area (Å²) in [4.78, 5) is 10.8. The molecule has 0 fully saturated rings. The molecule has 0 aliphatic rings. The second-order valence-electron chi connectivity index (χ2n) is 3.96. The number of aromatic carboxylic acids is 1. The van der Waals surface area contributed by atoms with E-state index in [9.17, 15) is 9.18 Å². The van der Waals surface area contributed by atoms with E-state index in [0.717, 1.165) is 5.56 Å². The average Bonchev–Trinajstić information content (AvgIpc) is 2.76. The number of aromatic nitrogens is 2. The van der Waals surface area contributed by atoms with Crippen LogP contribution in [0, 0.1) is 19.7 Å². The molecular formula is C12H10ClFN2O2. The number of aromatic amines is 1. The first-order valence-corrected chi connectivity index (χ1v) is 5.54. The van der Waals surface area contributed by atoms with Crippen molar-refractivity contribution in [3.8, 4) is 11.3 Å². The van der Waals surface area contributed by atoms with Crippen molar-refractivity contribution >= 4 is 17.6 Å². The Labute approximate surface area is 107 Å². The molecule has 94 valence electrons. The van der Waals surface area contributed by atoms with Gasteiger partial charge in [0.25, 0.3) is 0 Å². The highest BCUT2D eigenvalue weighted by Crippen LogP contribution is 2.32. The molecule has 2 N–H and O–H groups in total. The second-order valence-corrected chi connectivity index (χ2v) is 4.37. The summed E-state index contributed by atoms with van der Waals surface area (Å²) in [6.07, 6.45) is 0. The van der Waals surface area contributed by atoms with Crippen molar-refractivity contribution in [2.24, 2.45) is 0 Å². The third kappa shape index (κ3) is 1.97. The number of hydrogen-bond acceptors (Lipinski definition) is 2. The van der Waals surface area contributed by atoms with E-state index >= 15 is 0 Å². The van der Waals surface area contributed by atoms with Crippen LogP contribution in [0.5, 0.6) is 0 Å². The number of carboxylic acids is 1. The maximum Gasteiger partial charge on any atom is 0.353 e. The van der Waals surface area contributed by atoms with Gasteiger partial charge in [-0.3, -0.25) is 5.10 Å². The number of nitrogens with zero attached hydrogens (tertiary/aromatic N) is 1. The number of carbonyl (C=O) groups is 1. The van der Waals surface area contributed by atoms with Crippen molar-refractivity contribution in [3.05, 3.63) is 39.8 Å². The molecule has 0 bridgehead atoms. The fraction of sp³-hybridized carbons (Fsp3) is 0.167. The fourth-order valence-electron chi connectivity index (χ4n) is 1.71. The van der Waals surface area contributed by atoms with Crippen LogP contribution < -0.4 is 0 Å².